The molecule has 0 aliphatic heterocycles. The van der Waals surface area contributed by atoms with Gasteiger partial charge in [0.25, 0.3) is 0 Å². The monoisotopic (exact) mass is 994 g/mol. The highest BCUT2D eigenvalue weighted by Crippen LogP contribution is 2.40. The maximum absolute atomic E-state index is 5.11. The summed E-state index contributed by atoms with van der Waals surface area (Å²) in [6, 6.07) is 65.6. The number of nitrogens with zero attached hydrogens (tertiary/aromatic N) is 3. The zero-order valence-electron chi connectivity index (χ0n) is 44.4. The van der Waals surface area contributed by atoms with Gasteiger partial charge in [0.1, 0.15) is 0 Å². The van der Waals surface area contributed by atoms with Gasteiger partial charge in [0, 0.05) is 60.5 Å². The molecule has 0 bridgehead atoms. The third-order valence-electron chi connectivity index (χ3n) is 14.7. The molecule has 0 saturated heterocycles. The summed E-state index contributed by atoms with van der Waals surface area (Å²) in [4.78, 5) is 5.11. The highest BCUT2D eigenvalue weighted by atomic mass is 15.0. The van der Waals surface area contributed by atoms with E-state index in [-0.39, 0.29) is 6.04 Å². The molecule has 3 aromatic heterocycles. The zero-order chi connectivity index (χ0) is 53.6. The topological polar surface area (TPSA) is 22.8 Å². The molecule has 1 unspecified atom stereocenters. The van der Waals surface area contributed by atoms with E-state index in [1.54, 1.807) is 0 Å². The molecule has 6 aromatic carbocycles. The fourth-order valence-corrected chi connectivity index (χ4v) is 11.2. The Hall–Kier alpha value is -9.57. The SMILES string of the molecule is C=C/C=c1\c(=C)n(C2C=C(n3c4ccccc4c4ccccc43)C=C(C(=C)/C=C\C(=C)c3c(C)nc(C)c(C(=C)/C=C\C(=C)c4ccccccc(-c5ccccccccc5)c5ccccc45)c3C)C2)c2ccccc12. The van der Waals surface area contributed by atoms with Crippen molar-refractivity contribution in [1.82, 2.24) is 14.1 Å². The van der Waals surface area contributed by atoms with Gasteiger partial charge < -0.3 is 9.13 Å². The number of hydrogen-bond donors (Lipinski definition) is 0. The summed E-state index contributed by atoms with van der Waals surface area (Å²) in [7, 11) is 0. The van der Waals surface area contributed by atoms with Gasteiger partial charge in [-0.1, -0.05) is 246 Å². The predicted octanol–water partition coefficient (Wildman–Crippen LogP) is 18.0. The summed E-state index contributed by atoms with van der Waals surface area (Å²) in [5, 5.41) is 7.80. The van der Waals surface area contributed by atoms with Gasteiger partial charge in [-0.05, 0) is 118 Å². The highest BCUT2D eigenvalue weighted by Gasteiger charge is 2.24. The largest absolute Gasteiger partial charge is 0.334 e. The molecule has 0 N–H and O–H groups in total. The molecule has 1 atom stereocenters. The number of fused-ring (bicyclic) bond motifs is 5. The van der Waals surface area contributed by atoms with Gasteiger partial charge in [0.05, 0.1) is 17.1 Å². The van der Waals surface area contributed by atoms with E-state index in [4.69, 9.17) is 11.6 Å². The van der Waals surface area contributed by atoms with Crippen molar-refractivity contribution in [1.29, 1.82) is 0 Å². The van der Waals surface area contributed by atoms with Crippen LogP contribution in [0.4, 0.5) is 0 Å². The van der Waals surface area contributed by atoms with Crippen molar-refractivity contribution in [2.75, 3.05) is 0 Å². The second-order valence-electron chi connectivity index (χ2n) is 19.6. The van der Waals surface area contributed by atoms with Gasteiger partial charge in [-0.3, -0.25) is 4.98 Å². The molecule has 3 heteroatoms. The third kappa shape index (κ3) is 10.2. The Balaban J connectivity index is 0.984. The van der Waals surface area contributed by atoms with Crippen LogP contribution >= 0.6 is 0 Å². The van der Waals surface area contributed by atoms with Crippen LogP contribution in [0.3, 0.4) is 0 Å². The van der Waals surface area contributed by atoms with Crippen LogP contribution in [0.15, 0.2) is 275 Å². The Bertz CT molecular complexity index is 4210. The van der Waals surface area contributed by atoms with Crippen LogP contribution in [-0.2, 0) is 0 Å². The van der Waals surface area contributed by atoms with Gasteiger partial charge in [0.15, 0.2) is 0 Å². The lowest BCUT2D eigenvalue weighted by molar-refractivity contribution is 0.602. The van der Waals surface area contributed by atoms with Crippen LogP contribution in [0.5, 0.6) is 0 Å². The van der Waals surface area contributed by atoms with Crippen molar-refractivity contribution in [3.63, 3.8) is 0 Å². The molecular weight excluding hydrogens is 931 g/mol. The van der Waals surface area contributed by atoms with Crippen LogP contribution in [-0.4, -0.2) is 14.1 Å². The molecule has 0 amide bonds. The molecule has 3 nitrogen and oxygen atoms in total. The van der Waals surface area contributed by atoms with Crippen LogP contribution in [0.1, 0.15) is 46.1 Å². The molecule has 10 rings (SSSR count). The Kier molecular flexibility index (Phi) is 14.9. The van der Waals surface area contributed by atoms with E-state index < -0.39 is 0 Å². The van der Waals surface area contributed by atoms with Crippen molar-refractivity contribution in [3.8, 4) is 11.1 Å². The second-order valence-corrected chi connectivity index (χ2v) is 19.6. The van der Waals surface area contributed by atoms with E-state index >= 15 is 0 Å². The van der Waals surface area contributed by atoms with Gasteiger partial charge >= 0.3 is 0 Å². The van der Waals surface area contributed by atoms with Crippen LogP contribution in [0.25, 0.3) is 89.7 Å². The van der Waals surface area contributed by atoms with Gasteiger partial charge in [-0.25, -0.2) is 0 Å². The molecule has 9 aromatic rings. The first-order chi connectivity index (χ1) is 37.5. The molecule has 3 heterocycles. The van der Waals surface area contributed by atoms with Gasteiger partial charge in [0.2, 0.25) is 0 Å². The normalized spacial score (nSPS) is 13.6. The third-order valence-corrected chi connectivity index (χ3v) is 14.7. The first kappa shape index (κ1) is 50.9. The quantitative estimate of drug-likeness (QED) is 0.112. The Morgan fingerprint density at radius 1 is 0.506 bits per heavy atom. The molecule has 0 fully saturated rings. The average molecular weight is 994 g/mol. The maximum Gasteiger partial charge on any atom is 0.0586 e. The summed E-state index contributed by atoms with van der Waals surface area (Å²) in [6.45, 7) is 33.7. The lowest BCUT2D eigenvalue weighted by atomic mass is 9.89. The van der Waals surface area contributed by atoms with Crippen LogP contribution in [0, 0.1) is 20.8 Å². The first-order valence-corrected chi connectivity index (χ1v) is 26.2. The number of para-hydroxylation sites is 3. The molecule has 0 saturated carbocycles. The predicted molar refractivity (Wildman–Crippen MR) is 334 cm³/mol. The zero-order valence-corrected chi connectivity index (χ0v) is 44.4. The van der Waals surface area contributed by atoms with Gasteiger partial charge in [-0.2, -0.15) is 0 Å². The summed E-state index contributed by atoms with van der Waals surface area (Å²) < 4.78 is 4.78. The fourth-order valence-electron chi connectivity index (χ4n) is 11.2. The molecule has 1 aliphatic carbocycles. The number of benzene rings is 4. The van der Waals surface area contributed by atoms with Crippen molar-refractivity contribution in [2.24, 2.45) is 0 Å². The van der Waals surface area contributed by atoms with E-state index in [1.165, 1.54) is 10.8 Å². The van der Waals surface area contributed by atoms with Crippen molar-refractivity contribution >= 4 is 78.6 Å². The number of aromatic nitrogens is 3. The van der Waals surface area contributed by atoms with E-state index in [0.717, 1.165) is 122 Å². The minimum atomic E-state index is -0.0601. The van der Waals surface area contributed by atoms with Gasteiger partial charge in [-0.15, -0.1) is 0 Å². The van der Waals surface area contributed by atoms with Crippen LogP contribution < -0.4 is 10.6 Å². The van der Waals surface area contributed by atoms with Crippen LogP contribution in [0.2, 0.25) is 0 Å². The number of pyridine rings is 1. The second kappa shape index (κ2) is 22.5. The first-order valence-electron chi connectivity index (χ1n) is 26.2. The summed E-state index contributed by atoms with van der Waals surface area (Å²) in [6.07, 6.45) is 17.7. The standard InChI is InChI=1S/C74H63N3/c1-10-30-63-57(9)76(70-40-27-24-37-67(63)70)60-47-59(48-61(49-60)77-71-41-28-25-38-68(71)69-39-26-29-42-72(69)77)50(2)43-45-52(4)73-54(6)74(56(8)75-55(73)7)53(5)46-44-51(3)62-33-20-16-17-21-34-64(66-36-23-22-35-65(62)66)58-31-18-14-12-11-13-15-19-32-58/h10-46,48-49,60H,1-5,9,47H2,6-8H3/b12-11?,13-11?,14-12?,15-13?,17-16?,18-14?,19-15?,20-16?,21-17?,31-18?,32-19?,33-20?,34-21?,45-43-,46-44-,58-31?,58-32?,62-33?,63-30+,64-34?,65-62?,66-64?. The highest BCUT2D eigenvalue weighted by molar-refractivity contribution is 6.10. The summed E-state index contributed by atoms with van der Waals surface area (Å²) in [5.74, 6) is 0. The number of rotatable bonds is 12. The van der Waals surface area contributed by atoms with E-state index in [0.29, 0.717) is 6.42 Å². The number of hydrogen-bond acceptors (Lipinski definition) is 1. The fraction of sp³-hybridized carbons (Fsp3) is 0.0676. The lowest BCUT2D eigenvalue weighted by Crippen LogP contribution is -2.30. The Morgan fingerprint density at radius 2 is 0.974 bits per heavy atom. The van der Waals surface area contributed by atoms with E-state index in [9.17, 15) is 0 Å². The average Bonchev–Trinajstić information content (AvgIpc) is 3.93. The summed E-state index contributed by atoms with van der Waals surface area (Å²) >= 11 is 0. The van der Waals surface area contributed by atoms with Crippen molar-refractivity contribution < 1.29 is 0 Å². The summed E-state index contributed by atoms with van der Waals surface area (Å²) in [5.41, 5.74) is 17.2. The molecular formula is C74H63N3. The number of aryl methyl sites for hydroxylation is 2. The lowest BCUT2D eigenvalue weighted by Gasteiger charge is -2.26. The smallest absolute Gasteiger partial charge is 0.0586 e. The minimum absolute atomic E-state index is 0.0601. The van der Waals surface area contributed by atoms with E-state index in [2.05, 4.69) is 275 Å². The molecule has 1 aliphatic rings. The van der Waals surface area contributed by atoms with Crippen molar-refractivity contribution in [3.05, 3.63) is 319 Å². The Labute approximate surface area is 453 Å². The van der Waals surface area contributed by atoms with Crippen molar-refractivity contribution in [2.45, 2.75) is 33.2 Å². The minimum Gasteiger partial charge on any atom is -0.334 e. The maximum atomic E-state index is 5.11. The van der Waals surface area contributed by atoms with E-state index in [1.807, 2.05) is 24.3 Å². The molecule has 374 valence electrons. The molecule has 77 heavy (non-hydrogen) atoms. The molecule has 0 radical (unpaired) electrons. The molecule has 0 spiro atoms. The Morgan fingerprint density at radius 3 is 1.57 bits per heavy atom. The number of allylic oxidation sites excluding steroid dienone is 13.